The first-order valence-electron chi connectivity index (χ1n) is 8.23. The van der Waals surface area contributed by atoms with Gasteiger partial charge in [0.05, 0.1) is 17.2 Å². The quantitative estimate of drug-likeness (QED) is 0.684. The fraction of sp³-hybridized carbons (Fsp3) is 0.158. The summed E-state index contributed by atoms with van der Waals surface area (Å²) in [4.78, 5) is 40.3. The molecule has 2 amide bonds. The highest BCUT2D eigenvalue weighted by Gasteiger charge is 2.08. The lowest BCUT2D eigenvalue weighted by atomic mass is 10.2. The Hall–Kier alpha value is -3.48. The van der Waals surface area contributed by atoms with Crippen LogP contribution in [0.2, 0.25) is 0 Å². The Kier molecular flexibility index (Phi) is 5.38. The van der Waals surface area contributed by atoms with Gasteiger partial charge in [0.25, 0.3) is 11.5 Å². The van der Waals surface area contributed by atoms with Crippen LogP contribution in [0.4, 0.5) is 0 Å². The molecule has 0 saturated carbocycles. The number of benzene rings is 2. The fourth-order valence-corrected chi connectivity index (χ4v) is 2.53. The largest absolute Gasteiger partial charge is 0.299 e. The van der Waals surface area contributed by atoms with E-state index in [4.69, 9.17) is 0 Å². The molecule has 0 atom stereocenters. The van der Waals surface area contributed by atoms with Crippen LogP contribution in [0.15, 0.2) is 65.7 Å². The van der Waals surface area contributed by atoms with Crippen LogP contribution in [0.25, 0.3) is 10.9 Å². The summed E-state index contributed by atoms with van der Waals surface area (Å²) in [5.41, 5.74) is 5.71. The molecule has 2 N–H and O–H groups in total. The van der Waals surface area contributed by atoms with Crippen molar-refractivity contribution >= 4 is 22.7 Å². The first-order chi connectivity index (χ1) is 12.6. The lowest BCUT2D eigenvalue weighted by molar-refractivity contribution is -0.122. The number of carbonyl (C=O) groups excluding carboxylic acids is 2. The van der Waals surface area contributed by atoms with E-state index in [1.54, 1.807) is 48.5 Å². The monoisotopic (exact) mass is 350 g/mol. The van der Waals surface area contributed by atoms with Gasteiger partial charge in [-0.25, -0.2) is 4.98 Å². The van der Waals surface area contributed by atoms with Gasteiger partial charge in [0.1, 0.15) is 0 Å². The Labute approximate surface area is 149 Å². The molecule has 3 aromatic rings. The van der Waals surface area contributed by atoms with Gasteiger partial charge in [0.2, 0.25) is 5.91 Å². The van der Waals surface area contributed by atoms with Crippen LogP contribution >= 0.6 is 0 Å². The SMILES string of the molecule is O=C(CCCn1cnc2ccccc2c1=O)NNC(=O)c1ccccc1. The van der Waals surface area contributed by atoms with Gasteiger partial charge in [-0.05, 0) is 30.7 Å². The Morgan fingerprint density at radius 1 is 0.962 bits per heavy atom. The summed E-state index contributed by atoms with van der Waals surface area (Å²) < 4.78 is 1.48. The van der Waals surface area contributed by atoms with Crippen molar-refractivity contribution in [3.05, 3.63) is 76.8 Å². The van der Waals surface area contributed by atoms with E-state index in [1.807, 2.05) is 6.07 Å². The van der Waals surface area contributed by atoms with E-state index >= 15 is 0 Å². The zero-order valence-corrected chi connectivity index (χ0v) is 14.0. The molecule has 2 aromatic carbocycles. The molecule has 0 spiro atoms. The van der Waals surface area contributed by atoms with Crippen molar-refractivity contribution < 1.29 is 9.59 Å². The number of para-hydroxylation sites is 1. The molecule has 0 aliphatic rings. The molecule has 7 heteroatoms. The third kappa shape index (κ3) is 4.13. The lowest BCUT2D eigenvalue weighted by Crippen LogP contribution is -2.41. The van der Waals surface area contributed by atoms with E-state index in [9.17, 15) is 14.4 Å². The Morgan fingerprint density at radius 3 is 2.50 bits per heavy atom. The molecule has 0 unspecified atom stereocenters. The molecule has 0 fully saturated rings. The summed E-state index contributed by atoms with van der Waals surface area (Å²) in [6.07, 6.45) is 2.11. The van der Waals surface area contributed by atoms with Crippen LogP contribution in [-0.2, 0) is 11.3 Å². The Balaban J connectivity index is 1.49. The van der Waals surface area contributed by atoms with Crippen LogP contribution in [0, 0.1) is 0 Å². The predicted molar refractivity (Wildman–Crippen MR) is 97.3 cm³/mol. The molecule has 7 nitrogen and oxygen atoms in total. The smallest absolute Gasteiger partial charge is 0.269 e. The number of hydrogen-bond acceptors (Lipinski definition) is 4. The molecule has 1 aromatic heterocycles. The number of rotatable bonds is 5. The number of nitrogens with zero attached hydrogens (tertiary/aromatic N) is 2. The second kappa shape index (κ2) is 8.06. The predicted octanol–water partition coefficient (Wildman–Crippen LogP) is 1.64. The Morgan fingerprint density at radius 2 is 1.69 bits per heavy atom. The van der Waals surface area contributed by atoms with Crippen LogP contribution in [0.1, 0.15) is 23.2 Å². The minimum absolute atomic E-state index is 0.131. The molecular formula is C19H18N4O3. The topological polar surface area (TPSA) is 93.1 Å². The fourth-order valence-electron chi connectivity index (χ4n) is 2.53. The number of amides is 2. The Bertz CT molecular complexity index is 983. The van der Waals surface area contributed by atoms with Crippen molar-refractivity contribution in [2.24, 2.45) is 0 Å². The summed E-state index contributed by atoms with van der Waals surface area (Å²) in [6, 6.07) is 15.7. The van der Waals surface area contributed by atoms with E-state index in [-0.39, 0.29) is 23.8 Å². The van der Waals surface area contributed by atoms with Crippen LogP contribution in [0.3, 0.4) is 0 Å². The second-order valence-corrected chi connectivity index (χ2v) is 5.73. The average Bonchev–Trinajstić information content (AvgIpc) is 2.69. The maximum atomic E-state index is 12.3. The molecule has 0 saturated heterocycles. The van der Waals surface area contributed by atoms with E-state index in [0.29, 0.717) is 29.4 Å². The zero-order chi connectivity index (χ0) is 18.4. The van der Waals surface area contributed by atoms with E-state index < -0.39 is 0 Å². The summed E-state index contributed by atoms with van der Waals surface area (Å²) in [6.45, 7) is 0.372. The third-order valence-corrected chi connectivity index (χ3v) is 3.89. The van der Waals surface area contributed by atoms with Crippen LogP contribution in [0.5, 0.6) is 0 Å². The van der Waals surface area contributed by atoms with Gasteiger partial charge in [-0.15, -0.1) is 0 Å². The maximum absolute atomic E-state index is 12.3. The number of fused-ring (bicyclic) bond motifs is 1. The van der Waals surface area contributed by atoms with Crippen molar-refractivity contribution in [1.82, 2.24) is 20.4 Å². The maximum Gasteiger partial charge on any atom is 0.269 e. The summed E-state index contributed by atoms with van der Waals surface area (Å²) in [5, 5.41) is 0.551. The second-order valence-electron chi connectivity index (χ2n) is 5.73. The van der Waals surface area contributed by atoms with Gasteiger partial charge in [-0.2, -0.15) is 0 Å². The third-order valence-electron chi connectivity index (χ3n) is 3.89. The number of carbonyl (C=O) groups is 2. The van der Waals surface area contributed by atoms with Crippen LogP contribution in [-0.4, -0.2) is 21.4 Å². The van der Waals surface area contributed by atoms with Gasteiger partial charge >= 0.3 is 0 Å². The highest BCUT2D eigenvalue weighted by molar-refractivity contribution is 5.95. The molecule has 132 valence electrons. The van der Waals surface area contributed by atoms with Crippen molar-refractivity contribution in [2.75, 3.05) is 0 Å². The standard InChI is InChI=1S/C19H18N4O3/c24-17(21-22-18(25)14-7-2-1-3-8-14)11-6-12-23-13-20-16-10-5-4-9-15(16)19(23)26/h1-5,7-10,13H,6,11-12H2,(H,21,24)(H,22,25). The molecule has 0 aliphatic carbocycles. The normalized spacial score (nSPS) is 10.5. The first-order valence-corrected chi connectivity index (χ1v) is 8.23. The van der Waals surface area contributed by atoms with Crippen molar-refractivity contribution in [2.45, 2.75) is 19.4 Å². The van der Waals surface area contributed by atoms with Crippen molar-refractivity contribution in [1.29, 1.82) is 0 Å². The molecule has 0 aliphatic heterocycles. The molecule has 3 rings (SSSR count). The number of aromatic nitrogens is 2. The van der Waals surface area contributed by atoms with Crippen molar-refractivity contribution in [3.63, 3.8) is 0 Å². The molecular weight excluding hydrogens is 332 g/mol. The molecule has 0 radical (unpaired) electrons. The minimum atomic E-state index is -0.381. The van der Waals surface area contributed by atoms with Gasteiger partial charge in [-0.3, -0.25) is 29.8 Å². The summed E-state index contributed by atoms with van der Waals surface area (Å²) >= 11 is 0. The van der Waals surface area contributed by atoms with Crippen molar-refractivity contribution in [3.8, 4) is 0 Å². The van der Waals surface area contributed by atoms with Gasteiger partial charge in [-0.1, -0.05) is 30.3 Å². The lowest BCUT2D eigenvalue weighted by Gasteiger charge is -2.08. The highest BCUT2D eigenvalue weighted by atomic mass is 16.2. The molecule has 1 heterocycles. The van der Waals surface area contributed by atoms with Gasteiger partial charge in [0.15, 0.2) is 0 Å². The number of hydrazine groups is 1. The van der Waals surface area contributed by atoms with E-state index in [0.717, 1.165) is 0 Å². The van der Waals surface area contributed by atoms with E-state index in [1.165, 1.54) is 10.9 Å². The number of aryl methyl sites for hydroxylation is 1. The highest BCUT2D eigenvalue weighted by Crippen LogP contribution is 2.05. The number of hydrogen-bond donors (Lipinski definition) is 2. The van der Waals surface area contributed by atoms with E-state index in [2.05, 4.69) is 15.8 Å². The first kappa shape index (κ1) is 17.3. The summed E-state index contributed by atoms with van der Waals surface area (Å²) in [7, 11) is 0. The van der Waals surface area contributed by atoms with Crippen LogP contribution < -0.4 is 16.4 Å². The summed E-state index contributed by atoms with van der Waals surface area (Å²) in [5.74, 6) is -0.704. The van der Waals surface area contributed by atoms with Gasteiger partial charge in [0, 0.05) is 18.5 Å². The minimum Gasteiger partial charge on any atom is -0.299 e. The number of nitrogens with one attached hydrogen (secondary N) is 2. The van der Waals surface area contributed by atoms with Gasteiger partial charge < -0.3 is 0 Å². The average molecular weight is 350 g/mol. The zero-order valence-electron chi connectivity index (χ0n) is 14.0. The molecule has 0 bridgehead atoms. The molecule has 26 heavy (non-hydrogen) atoms.